The quantitative estimate of drug-likeness (QED) is 0.244. The lowest BCUT2D eigenvalue weighted by Gasteiger charge is -2.24. The zero-order valence-electron chi connectivity index (χ0n) is 9.18. The van der Waals surface area contributed by atoms with Crippen LogP contribution in [0.1, 0.15) is 20.3 Å². The number of amidine groups is 1. The van der Waals surface area contributed by atoms with Crippen molar-refractivity contribution in [2.45, 2.75) is 20.3 Å². The standard InChI is InChI=1S/C9H19N3O3/c1-3-7(8(10)11-15)9(14)12(4-2)5-6-13/h7,13,15H,3-6H2,1-2H3,(H2,10,11). The Balaban J connectivity index is 4.61. The van der Waals surface area contributed by atoms with Crippen LogP contribution in [0.15, 0.2) is 5.16 Å². The van der Waals surface area contributed by atoms with Crippen molar-refractivity contribution in [1.29, 1.82) is 0 Å². The van der Waals surface area contributed by atoms with Crippen molar-refractivity contribution in [2.24, 2.45) is 16.8 Å². The number of hydrogen-bond acceptors (Lipinski definition) is 4. The number of rotatable bonds is 6. The van der Waals surface area contributed by atoms with Crippen LogP contribution in [0.25, 0.3) is 0 Å². The molecule has 0 heterocycles. The molecule has 0 aromatic carbocycles. The predicted molar refractivity (Wildman–Crippen MR) is 56.5 cm³/mol. The van der Waals surface area contributed by atoms with Gasteiger partial charge in [-0.05, 0) is 13.3 Å². The molecule has 1 amide bonds. The molecule has 0 fully saturated rings. The molecule has 0 rings (SSSR count). The number of carbonyl (C=O) groups is 1. The highest BCUT2D eigenvalue weighted by Gasteiger charge is 2.25. The van der Waals surface area contributed by atoms with Gasteiger partial charge in [-0.15, -0.1) is 0 Å². The number of likely N-dealkylation sites (N-methyl/N-ethyl adjacent to an activating group) is 1. The van der Waals surface area contributed by atoms with Gasteiger partial charge >= 0.3 is 0 Å². The molecule has 0 saturated carbocycles. The number of amides is 1. The van der Waals surface area contributed by atoms with Gasteiger partial charge in [-0.3, -0.25) is 4.79 Å². The molecule has 6 heteroatoms. The van der Waals surface area contributed by atoms with Gasteiger partial charge < -0.3 is 20.9 Å². The summed E-state index contributed by atoms with van der Waals surface area (Å²) >= 11 is 0. The topological polar surface area (TPSA) is 99.2 Å². The van der Waals surface area contributed by atoms with Crippen molar-refractivity contribution < 1.29 is 15.1 Å². The molecule has 15 heavy (non-hydrogen) atoms. The molecule has 0 radical (unpaired) electrons. The van der Waals surface area contributed by atoms with Crippen molar-refractivity contribution in [2.75, 3.05) is 19.7 Å². The number of nitrogens with two attached hydrogens (primary N) is 1. The van der Waals surface area contributed by atoms with E-state index in [0.717, 1.165) is 0 Å². The minimum absolute atomic E-state index is 0.0844. The third kappa shape index (κ3) is 3.75. The van der Waals surface area contributed by atoms with Crippen molar-refractivity contribution >= 4 is 11.7 Å². The number of aliphatic hydroxyl groups excluding tert-OH is 1. The van der Waals surface area contributed by atoms with E-state index in [-0.39, 0.29) is 24.9 Å². The van der Waals surface area contributed by atoms with Gasteiger partial charge in [0.15, 0.2) is 5.84 Å². The molecule has 0 bridgehead atoms. The first-order valence-electron chi connectivity index (χ1n) is 4.99. The van der Waals surface area contributed by atoms with E-state index in [1.165, 1.54) is 4.90 Å². The van der Waals surface area contributed by atoms with E-state index in [4.69, 9.17) is 16.0 Å². The van der Waals surface area contributed by atoms with Gasteiger partial charge in [-0.2, -0.15) is 0 Å². The highest BCUT2D eigenvalue weighted by molar-refractivity contribution is 6.01. The van der Waals surface area contributed by atoms with Crippen LogP contribution in [0.3, 0.4) is 0 Å². The lowest BCUT2D eigenvalue weighted by Crippen LogP contribution is -2.42. The first-order chi connectivity index (χ1) is 7.12. The zero-order valence-corrected chi connectivity index (χ0v) is 9.18. The Morgan fingerprint density at radius 1 is 1.53 bits per heavy atom. The second-order valence-electron chi connectivity index (χ2n) is 3.13. The predicted octanol–water partition coefficient (Wildman–Crippen LogP) is -0.400. The number of oxime groups is 1. The van der Waals surface area contributed by atoms with Crippen LogP contribution in [0.4, 0.5) is 0 Å². The number of nitrogens with zero attached hydrogens (tertiary/aromatic N) is 2. The second kappa shape index (κ2) is 7.05. The van der Waals surface area contributed by atoms with Crippen LogP contribution in [0.5, 0.6) is 0 Å². The molecule has 0 aliphatic heterocycles. The fraction of sp³-hybridized carbons (Fsp3) is 0.778. The molecule has 6 nitrogen and oxygen atoms in total. The first kappa shape index (κ1) is 13.7. The normalized spacial score (nSPS) is 13.7. The summed E-state index contributed by atoms with van der Waals surface area (Å²) in [6, 6.07) is 0. The summed E-state index contributed by atoms with van der Waals surface area (Å²) in [5, 5.41) is 20.1. The van der Waals surface area contributed by atoms with Gasteiger partial charge in [0.05, 0.1) is 12.5 Å². The largest absolute Gasteiger partial charge is 0.409 e. The molecule has 0 aromatic rings. The molecule has 0 saturated heterocycles. The number of carbonyl (C=O) groups excluding carboxylic acids is 1. The maximum Gasteiger partial charge on any atom is 0.233 e. The van der Waals surface area contributed by atoms with E-state index >= 15 is 0 Å². The summed E-state index contributed by atoms with van der Waals surface area (Å²) in [7, 11) is 0. The molecule has 0 aromatic heterocycles. The van der Waals surface area contributed by atoms with Crippen LogP contribution in [-0.4, -0.2) is 46.7 Å². The lowest BCUT2D eigenvalue weighted by molar-refractivity contribution is -0.133. The fourth-order valence-electron chi connectivity index (χ4n) is 1.35. The summed E-state index contributed by atoms with van der Waals surface area (Å²) in [6.45, 7) is 4.27. The minimum Gasteiger partial charge on any atom is -0.409 e. The highest BCUT2D eigenvalue weighted by atomic mass is 16.4. The van der Waals surface area contributed by atoms with Crippen LogP contribution in [0, 0.1) is 5.92 Å². The van der Waals surface area contributed by atoms with E-state index in [9.17, 15) is 4.79 Å². The van der Waals surface area contributed by atoms with E-state index < -0.39 is 5.92 Å². The highest BCUT2D eigenvalue weighted by Crippen LogP contribution is 2.08. The van der Waals surface area contributed by atoms with Crippen LogP contribution in [-0.2, 0) is 4.79 Å². The van der Waals surface area contributed by atoms with Gasteiger partial charge in [-0.25, -0.2) is 0 Å². The van der Waals surface area contributed by atoms with Gasteiger partial charge in [0.25, 0.3) is 0 Å². The number of hydrogen-bond donors (Lipinski definition) is 3. The van der Waals surface area contributed by atoms with Crippen LogP contribution >= 0.6 is 0 Å². The Kier molecular flexibility index (Phi) is 6.44. The Hall–Kier alpha value is -1.30. The first-order valence-corrected chi connectivity index (χ1v) is 4.99. The molecule has 0 spiro atoms. The lowest BCUT2D eigenvalue weighted by atomic mass is 10.0. The summed E-state index contributed by atoms with van der Waals surface area (Å²) < 4.78 is 0. The summed E-state index contributed by atoms with van der Waals surface area (Å²) in [5.41, 5.74) is 5.41. The molecule has 88 valence electrons. The van der Waals surface area contributed by atoms with Crippen LogP contribution in [0.2, 0.25) is 0 Å². The van der Waals surface area contributed by atoms with Crippen molar-refractivity contribution in [3.63, 3.8) is 0 Å². The summed E-state index contributed by atoms with van der Waals surface area (Å²) in [6.07, 6.45) is 0.469. The molecule has 4 N–H and O–H groups in total. The molecule has 0 aliphatic rings. The SMILES string of the molecule is CCC(C(=O)N(CC)CCO)C(N)=NO. The van der Waals surface area contributed by atoms with Gasteiger partial charge in [0.2, 0.25) is 5.91 Å². The van der Waals surface area contributed by atoms with E-state index in [0.29, 0.717) is 13.0 Å². The average molecular weight is 217 g/mol. The molecule has 1 unspecified atom stereocenters. The minimum atomic E-state index is -0.610. The molecular formula is C9H19N3O3. The van der Waals surface area contributed by atoms with E-state index in [1.54, 1.807) is 6.92 Å². The maximum absolute atomic E-state index is 11.8. The zero-order chi connectivity index (χ0) is 11.8. The Bertz CT molecular complexity index is 231. The van der Waals surface area contributed by atoms with Gasteiger partial charge in [0, 0.05) is 13.1 Å². The summed E-state index contributed by atoms with van der Waals surface area (Å²) in [4.78, 5) is 13.3. The molecular weight excluding hydrogens is 198 g/mol. The van der Waals surface area contributed by atoms with E-state index in [1.807, 2.05) is 6.92 Å². The molecule has 1 atom stereocenters. The van der Waals surface area contributed by atoms with Gasteiger partial charge in [0.1, 0.15) is 0 Å². The van der Waals surface area contributed by atoms with Crippen molar-refractivity contribution in [3.05, 3.63) is 0 Å². The van der Waals surface area contributed by atoms with E-state index in [2.05, 4.69) is 5.16 Å². The number of aliphatic hydroxyl groups is 1. The molecule has 0 aliphatic carbocycles. The van der Waals surface area contributed by atoms with Gasteiger partial charge in [-0.1, -0.05) is 12.1 Å². The average Bonchev–Trinajstić information content (AvgIpc) is 2.26. The van der Waals surface area contributed by atoms with Crippen LogP contribution < -0.4 is 5.73 Å². The third-order valence-electron chi connectivity index (χ3n) is 2.24. The third-order valence-corrected chi connectivity index (χ3v) is 2.24. The Morgan fingerprint density at radius 3 is 2.47 bits per heavy atom. The fourth-order valence-corrected chi connectivity index (χ4v) is 1.35. The summed E-state index contributed by atoms with van der Waals surface area (Å²) in [5.74, 6) is -0.912. The van der Waals surface area contributed by atoms with Crippen molar-refractivity contribution in [1.82, 2.24) is 4.90 Å². The smallest absolute Gasteiger partial charge is 0.233 e. The maximum atomic E-state index is 11.8. The Morgan fingerprint density at radius 2 is 2.13 bits per heavy atom. The Labute approximate surface area is 89.4 Å². The van der Waals surface area contributed by atoms with Crippen molar-refractivity contribution in [3.8, 4) is 0 Å². The monoisotopic (exact) mass is 217 g/mol. The second-order valence-corrected chi connectivity index (χ2v) is 3.13.